The predicted molar refractivity (Wildman–Crippen MR) is 225 cm³/mol. The number of aryl methyl sites for hydroxylation is 2. The Kier molecular flexibility index (Phi) is 8.65. The van der Waals surface area contributed by atoms with Gasteiger partial charge in [0.25, 0.3) is 0 Å². The molecule has 4 aromatic carbocycles. The van der Waals surface area contributed by atoms with Gasteiger partial charge in [0.15, 0.2) is 11.6 Å². The van der Waals surface area contributed by atoms with E-state index in [1.165, 1.54) is 52.9 Å². The minimum atomic E-state index is 1.01. The third-order valence-corrected chi connectivity index (χ3v) is 12.6. The molecule has 0 saturated carbocycles. The van der Waals surface area contributed by atoms with Crippen molar-refractivity contribution in [2.45, 2.75) is 33.1 Å². The van der Waals surface area contributed by atoms with Gasteiger partial charge in [0.1, 0.15) is 0 Å². The summed E-state index contributed by atoms with van der Waals surface area (Å²) in [6.07, 6.45) is 3.33. The van der Waals surface area contributed by atoms with Crippen molar-refractivity contribution in [1.29, 1.82) is 0 Å². The number of aromatic nitrogens is 4. The van der Waals surface area contributed by atoms with E-state index in [4.69, 9.17) is 9.97 Å². The molecule has 1 aliphatic carbocycles. The molecule has 0 atom stereocenters. The summed E-state index contributed by atoms with van der Waals surface area (Å²) in [6.45, 7) is 4.56. The molecule has 4 heterocycles. The molecule has 9 rings (SSSR count). The van der Waals surface area contributed by atoms with Crippen LogP contribution in [0.5, 0.6) is 0 Å². The van der Waals surface area contributed by atoms with E-state index < -0.39 is 0 Å². The molecule has 6 heteroatoms. The third kappa shape index (κ3) is 5.92. The Labute approximate surface area is 319 Å². The van der Waals surface area contributed by atoms with Crippen molar-refractivity contribution in [3.05, 3.63) is 154 Å². The average Bonchev–Trinajstić information content (AvgIpc) is 4.03. The summed E-state index contributed by atoms with van der Waals surface area (Å²) in [5.74, 6) is 2.02. The molecule has 0 unspecified atom stereocenters. The van der Waals surface area contributed by atoms with Crippen LogP contribution in [-0.2, 0) is 14.1 Å². The fourth-order valence-corrected chi connectivity index (χ4v) is 10.2. The van der Waals surface area contributed by atoms with Crippen LogP contribution in [0.25, 0.3) is 77.6 Å². The van der Waals surface area contributed by atoms with E-state index in [2.05, 4.69) is 171 Å². The van der Waals surface area contributed by atoms with Crippen LogP contribution < -0.4 is 0 Å². The van der Waals surface area contributed by atoms with Gasteiger partial charge in [-0.2, -0.15) is 0 Å². The summed E-state index contributed by atoms with van der Waals surface area (Å²) in [6, 6.07) is 47.3. The summed E-state index contributed by atoms with van der Waals surface area (Å²) in [7, 11) is 4.32. The molecule has 0 saturated heterocycles. The molecule has 0 aliphatic heterocycles. The van der Waals surface area contributed by atoms with Crippen molar-refractivity contribution >= 4 is 33.8 Å². The van der Waals surface area contributed by atoms with Crippen LogP contribution in [-0.4, -0.2) is 19.1 Å². The van der Waals surface area contributed by atoms with Gasteiger partial charge >= 0.3 is 0 Å². The molecular formula is C47H40N4S2. The highest BCUT2D eigenvalue weighted by Crippen LogP contribution is 2.48. The highest BCUT2D eigenvalue weighted by Gasteiger charge is 2.27. The molecule has 0 fully saturated rings. The maximum absolute atomic E-state index is 5.35. The minimum Gasteiger partial charge on any atom is -0.326 e. The first kappa shape index (κ1) is 33.3. The lowest BCUT2D eigenvalue weighted by atomic mass is 9.97. The molecule has 4 nitrogen and oxygen atoms in total. The first-order valence-electron chi connectivity index (χ1n) is 18.3. The standard InChI is InChI=1S/C47H40N4S2/c1-30-38(28-40(52-30)46-48-42(32-18-9-5-10-19-32)44(50(46)3)34-22-13-7-14-23-34)36-26-17-27-37(36)39-29-41(53-31(39)2)47-49-43(33-20-11-6-12-21-33)45(51(47)4)35-24-15-8-16-25-35/h5-16,18-25,28-29H,17,26-27H2,1-4H3. The SMILES string of the molecule is Cc1sc(-c2nc(-c3ccccc3)c(-c3ccccc3)n2C)cc1C1=C(c2cc(-c3nc(-c4ccccc4)c(-c4ccccc4)n3C)sc2C)CCC1. The normalized spacial score (nSPS) is 13.0. The fourth-order valence-electron chi connectivity index (χ4n) is 8.01. The molecule has 8 aromatic rings. The van der Waals surface area contributed by atoms with E-state index in [1.54, 1.807) is 0 Å². The largest absolute Gasteiger partial charge is 0.326 e. The Hall–Kier alpha value is -5.56. The van der Waals surface area contributed by atoms with E-state index >= 15 is 0 Å². The van der Waals surface area contributed by atoms with Gasteiger partial charge in [0.2, 0.25) is 0 Å². The molecular weight excluding hydrogens is 685 g/mol. The molecule has 0 N–H and O–H groups in total. The molecule has 53 heavy (non-hydrogen) atoms. The highest BCUT2D eigenvalue weighted by atomic mass is 32.1. The molecule has 4 aromatic heterocycles. The second-order valence-electron chi connectivity index (χ2n) is 13.8. The van der Waals surface area contributed by atoms with Crippen molar-refractivity contribution in [3.8, 4) is 66.4 Å². The Bertz CT molecular complexity index is 2420. The molecule has 0 spiro atoms. The van der Waals surface area contributed by atoms with Crippen molar-refractivity contribution in [1.82, 2.24) is 19.1 Å². The van der Waals surface area contributed by atoms with Gasteiger partial charge in [-0.15, -0.1) is 22.7 Å². The smallest absolute Gasteiger partial charge is 0.151 e. The highest BCUT2D eigenvalue weighted by molar-refractivity contribution is 7.16. The number of rotatable bonds is 8. The summed E-state index contributed by atoms with van der Waals surface area (Å²) in [5.41, 5.74) is 14.6. The topological polar surface area (TPSA) is 35.6 Å². The zero-order valence-corrected chi connectivity index (χ0v) is 32.1. The van der Waals surface area contributed by atoms with Gasteiger partial charge in [0, 0.05) is 46.1 Å². The van der Waals surface area contributed by atoms with Crippen LogP contribution >= 0.6 is 22.7 Å². The van der Waals surface area contributed by atoms with Crippen LogP contribution in [0.15, 0.2) is 133 Å². The van der Waals surface area contributed by atoms with E-state index in [-0.39, 0.29) is 0 Å². The Morgan fingerprint density at radius 1 is 0.472 bits per heavy atom. The number of benzene rings is 4. The van der Waals surface area contributed by atoms with Gasteiger partial charge in [-0.3, -0.25) is 0 Å². The van der Waals surface area contributed by atoms with Crippen LogP contribution in [0.3, 0.4) is 0 Å². The lowest BCUT2D eigenvalue weighted by Gasteiger charge is -2.08. The maximum Gasteiger partial charge on any atom is 0.151 e. The number of imidazole rings is 2. The maximum atomic E-state index is 5.35. The fraction of sp³-hybridized carbons (Fsp3) is 0.149. The number of allylic oxidation sites excluding steroid dienone is 2. The monoisotopic (exact) mass is 724 g/mol. The Balaban J connectivity index is 1.13. The van der Waals surface area contributed by atoms with Crippen LogP contribution in [0.2, 0.25) is 0 Å². The minimum absolute atomic E-state index is 1.01. The lowest BCUT2D eigenvalue weighted by molar-refractivity contribution is 0.935. The van der Waals surface area contributed by atoms with Crippen LogP contribution in [0, 0.1) is 13.8 Å². The Morgan fingerprint density at radius 2 is 0.811 bits per heavy atom. The van der Waals surface area contributed by atoms with Crippen molar-refractivity contribution in [2.24, 2.45) is 14.1 Å². The predicted octanol–water partition coefficient (Wildman–Crippen LogP) is 13.0. The molecule has 0 bridgehead atoms. The number of thiophene rings is 2. The van der Waals surface area contributed by atoms with Gasteiger partial charge in [0.05, 0.1) is 32.5 Å². The van der Waals surface area contributed by atoms with E-state index in [1.807, 2.05) is 22.7 Å². The summed E-state index contributed by atoms with van der Waals surface area (Å²) in [5, 5.41) is 0. The average molecular weight is 725 g/mol. The van der Waals surface area contributed by atoms with Gasteiger partial charge in [-0.25, -0.2) is 9.97 Å². The molecule has 1 aliphatic rings. The van der Waals surface area contributed by atoms with E-state index in [0.29, 0.717) is 0 Å². The van der Waals surface area contributed by atoms with E-state index in [9.17, 15) is 0 Å². The second kappa shape index (κ2) is 13.8. The van der Waals surface area contributed by atoms with Gasteiger partial charge < -0.3 is 9.13 Å². The second-order valence-corrected chi connectivity index (χ2v) is 16.3. The molecule has 0 amide bonds. The quantitative estimate of drug-likeness (QED) is 0.156. The first-order valence-corrected chi connectivity index (χ1v) is 19.9. The zero-order valence-electron chi connectivity index (χ0n) is 30.4. The summed E-state index contributed by atoms with van der Waals surface area (Å²) in [4.78, 5) is 15.8. The van der Waals surface area contributed by atoms with E-state index in [0.717, 1.165) is 64.8 Å². The zero-order chi connectivity index (χ0) is 36.1. The van der Waals surface area contributed by atoms with Crippen LogP contribution in [0.4, 0.5) is 0 Å². The van der Waals surface area contributed by atoms with Crippen LogP contribution in [0.1, 0.15) is 40.1 Å². The summed E-state index contributed by atoms with van der Waals surface area (Å²) < 4.78 is 4.57. The summed E-state index contributed by atoms with van der Waals surface area (Å²) >= 11 is 3.72. The third-order valence-electron chi connectivity index (χ3n) is 10.5. The Morgan fingerprint density at radius 3 is 1.17 bits per heavy atom. The molecule has 260 valence electrons. The van der Waals surface area contributed by atoms with Gasteiger partial charge in [-0.05, 0) is 67.5 Å². The number of hydrogen-bond donors (Lipinski definition) is 0. The van der Waals surface area contributed by atoms with Crippen molar-refractivity contribution in [3.63, 3.8) is 0 Å². The number of nitrogens with zero attached hydrogens (tertiary/aromatic N) is 4. The van der Waals surface area contributed by atoms with Crippen molar-refractivity contribution in [2.75, 3.05) is 0 Å². The first-order chi connectivity index (χ1) is 26.0. The van der Waals surface area contributed by atoms with Crippen molar-refractivity contribution < 1.29 is 0 Å². The van der Waals surface area contributed by atoms with Gasteiger partial charge in [-0.1, -0.05) is 121 Å². The number of hydrogen-bond acceptors (Lipinski definition) is 4. The lowest BCUT2D eigenvalue weighted by Crippen LogP contribution is -1.95. The molecule has 0 radical (unpaired) electrons.